The molecule has 24 heavy (non-hydrogen) atoms. The van der Waals surface area contributed by atoms with Gasteiger partial charge in [0.25, 0.3) is 0 Å². The van der Waals surface area contributed by atoms with E-state index in [-0.39, 0.29) is 11.8 Å². The van der Waals surface area contributed by atoms with Gasteiger partial charge in [-0.1, -0.05) is 32.0 Å². The number of nitrogens with zero attached hydrogens (tertiary/aromatic N) is 2. The Kier molecular flexibility index (Phi) is 5.34. The third-order valence-electron chi connectivity index (χ3n) is 4.79. The van der Waals surface area contributed by atoms with Crippen molar-refractivity contribution in [1.29, 1.82) is 0 Å². The monoisotopic (exact) mass is 325 g/mol. The summed E-state index contributed by atoms with van der Waals surface area (Å²) in [6, 6.07) is 10.5. The molecule has 1 aromatic heterocycles. The van der Waals surface area contributed by atoms with Crippen molar-refractivity contribution in [1.82, 2.24) is 10.3 Å². The molecule has 0 bridgehead atoms. The van der Waals surface area contributed by atoms with Crippen LogP contribution in [0.1, 0.15) is 38.8 Å². The van der Waals surface area contributed by atoms with Gasteiger partial charge in [0.1, 0.15) is 0 Å². The van der Waals surface area contributed by atoms with Gasteiger partial charge in [-0.2, -0.15) is 0 Å². The molecule has 1 N–H and O–H groups in total. The van der Waals surface area contributed by atoms with Gasteiger partial charge >= 0.3 is 0 Å². The summed E-state index contributed by atoms with van der Waals surface area (Å²) in [5.41, 5.74) is 3.39. The molecule has 1 saturated heterocycles. The molecule has 1 aliphatic rings. The smallest absolute Gasteiger partial charge is 0.224 e. The summed E-state index contributed by atoms with van der Waals surface area (Å²) in [6.45, 7) is 6.80. The molecule has 4 heteroatoms. The van der Waals surface area contributed by atoms with Crippen LogP contribution < -0.4 is 10.2 Å². The number of pyridine rings is 1. The van der Waals surface area contributed by atoms with Gasteiger partial charge in [-0.25, -0.2) is 0 Å². The van der Waals surface area contributed by atoms with Gasteiger partial charge in [-0.15, -0.1) is 0 Å². The standard InChI is InChI=1S/C20H27N3O/c1-3-11-21-20(24)15-8-7-12-23(14-15)19-13-16(4-2)22-18-10-6-5-9-17(18)19/h5-6,9-10,13,15H,3-4,7-8,11-12,14H2,1-2H3,(H,21,24). The molecule has 1 unspecified atom stereocenters. The van der Waals surface area contributed by atoms with E-state index in [1.165, 1.54) is 11.1 Å². The van der Waals surface area contributed by atoms with Gasteiger partial charge in [0.05, 0.1) is 11.4 Å². The average molecular weight is 325 g/mol. The molecule has 0 spiro atoms. The number of carbonyl (C=O) groups is 1. The number of para-hydroxylation sites is 1. The maximum Gasteiger partial charge on any atom is 0.224 e. The lowest BCUT2D eigenvalue weighted by Gasteiger charge is -2.34. The Morgan fingerprint density at radius 2 is 2.17 bits per heavy atom. The molecule has 1 amide bonds. The van der Waals surface area contributed by atoms with Crippen molar-refractivity contribution in [2.75, 3.05) is 24.5 Å². The van der Waals surface area contributed by atoms with Gasteiger partial charge in [-0.3, -0.25) is 9.78 Å². The molecule has 1 aromatic carbocycles. The average Bonchev–Trinajstić information content (AvgIpc) is 2.65. The maximum absolute atomic E-state index is 12.4. The van der Waals surface area contributed by atoms with Gasteiger partial charge < -0.3 is 10.2 Å². The molecule has 3 rings (SSSR count). The van der Waals surface area contributed by atoms with Crippen LogP contribution in [0.25, 0.3) is 10.9 Å². The maximum atomic E-state index is 12.4. The lowest BCUT2D eigenvalue weighted by atomic mass is 9.96. The van der Waals surface area contributed by atoms with Crippen molar-refractivity contribution in [3.63, 3.8) is 0 Å². The SMILES string of the molecule is CCCNC(=O)C1CCCN(c2cc(CC)nc3ccccc23)C1. The molecule has 0 saturated carbocycles. The first-order chi connectivity index (χ1) is 11.7. The van der Waals surface area contributed by atoms with Gasteiger partial charge in [0, 0.05) is 36.4 Å². The Balaban J connectivity index is 1.88. The van der Waals surface area contributed by atoms with Crippen LogP contribution in [0.4, 0.5) is 5.69 Å². The number of aromatic nitrogens is 1. The summed E-state index contributed by atoms with van der Waals surface area (Å²) in [7, 11) is 0. The van der Waals surface area contributed by atoms with Gasteiger partial charge in [0.15, 0.2) is 0 Å². The van der Waals surface area contributed by atoms with E-state index in [1.807, 2.05) is 6.07 Å². The Morgan fingerprint density at radius 3 is 2.96 bits per heavy atom. The zero-order chi connectivity index (χ0) is 16.9. The Labute approximate surface area is 144 Å². The van der Waals surface area contributed by atoms with Crippen molar-refractivity contribution in [3.8, 4) is 0 Å². The highest BCUT2D eigenvalue weighted by Gasteiger charge is 2.26. The minimum atomic E-state index is 0.0855. The predicted molar refractivity (Wildman–Crippen MR) is 99.4 cm³/mol. The molecule has 2 aromatic rings. The largest absolute Gasteiger partial charge is 0.370 e. The van der Waals surface area contributed by atoms with E-state index >= 15 is 0 Å². The fourth-order valence-electron chi connectivity index (χ4n) is 3.46. The number of fused-ring (bicyclic) bond motifs is 1. The topological polar surface area (TPSA) is 45.2 Å². The van der Waals surface area contributed by atoms with E-state index in [0.29, 0.717) is 0 Å². The van der Waals surface area contributed by atoms with Gasteiger partial charge in [-0.05, 0) is 37.8 Å². The first-order valence-electron chi connectivity index (χ1n) is 9.14. The number of piperidine rings is 1. The van der Waals surface area contributed by atoms with Gasteiger partial charge in [0.2, 0.25) is 5.91 Å². The summed E-state index contributed by atoms with van der Waals surface area (Å²) in [6.07, 6.45) is 3.95. The van der Waals surface area contributed by atoms with Crippen LogP contribution in [0.3, 0.4) is 0 Å². The van der Waals surface area contributed by atoms with E-state index in [1.54, 1.807) is 0 Å². The highest BCUT2D eigenvalue weighted by molar-refractivity contribution is 5.92. The molecule has 0 radical (unpaired) electrons. The predicted octanol–water partition coefficient (Wildman–Crippen LogP) is 3.54. The van der Waals surface area contributed by atoms with Crippen molar-refractivity contribution in [2.45, 2.75) is 39.5 Å². The van der Waals surface area contributed by atoms with Crippen LogP contribution in [0, 0.1) is 5.92 Å². The van der Waals surface area contributed by atoms with E-state index in [0.717, 1.165) is 56.5 Å². The third kappa shape index (κ3) is 3.53. The van der Waals surface area contributed by atoms with Crippen LogP contribution in [-0.2, 0) is 11.2 Å². The highest BCUT2D eigenvalue weighted by atomic mass is 16.1. The van der Waals surface area contributed by atoms with Crippen LogP contribution in [-0.4, -0.2) is 30.5 Å². The lowest BCUT2D eigenvalue weighted by molar-refractivity contribution is -0.125. The number of anilines is 1. The van der Waals surface area contributed by atoms with Crippen molar-refractivity contribution in [3.05, 3.63) is 36.0 Å². The van der Waals surface area contributed by atoms with Crippen LogP contribution >= 0.6 is 0 Å². The Morgan fingerprint density at radius 1 is 1.33 bits per heavy atom. The summed E-state index contributed by atoms with van der Waals surface area (Å²) in [4.78, 5) is 19.5. The fourth-order valence-corrected chi connectivity index (χ4v) is 3.46. The van der Waals surface area contributed by atoms with Crippen molar-refractivity contribution >= 4 is 22.5 Å². The zero-order valence-corrected chi connectivity index (χ0v) is 14.7. The second-order valence-electron chi connectivity index (χ2n) is 6.58. The second kappa shape index (κ2) is 7.65. The second-order valence-corrected chi connectivity index (χ2v) is 6.58. The molecular weight excluding hydrogens is 298 g/mol. The van der Waals surface area contributed by atoms with Crippen LogP contribution in [0.5, 0.6) is 0 Å². The van der Waals surface area contributed by atoms with E-state index < -0.39 is 0 Å². The number of carbonyl (C=O) groups excluding carboxylic acids is 1. The fraction of sp³-hybridized carbons (Fsp3) is 0.500. The van der Waals surface area contributed by atoms with E-state index in [2.05, 4.69) is 48.3 Å². The first kappa shape index (κ1) is 16.7. The number of aryl methyl sites for hydroxylation is 1. The summed E-state index contributed by atoms with van der Waals surface area (Å²) in [5, 5.41) is 4.24. The lowest BCUT2D eigenvalue weighted by Crippen LogP contribution is -2.43. The number of rotatable bonds is 5. The molecule has 2 heterocycles. The van der Waals surface area contributed by atoms with E-state index in [4.69, 9.17) is 4.98 Å². The molecule has 1 fully saturated rings. The number of hydrogen-bond donors (Lipinski definition) is 1. The first-order valence-corrected chi connectivity index (χ1v) is 9.14. The summed E-state index contributed by atoms with van der Waals surface area (Å²) in [5.74, 6) is 0.290. The van der Waals surface area contributed by atoms with Crippen LogP contribution in [0.15, 0.2) is 30.3 Å². The molecule has 0 aliphatic carbocycles. The molecule has 4 nitrogen and oxygen atoms in total. The Bertz CT molecular complexity index is 713. The molecule has 128 valence electrons. The van der Waals surface area contributed by atoms with Crippen molar-refractivity contribution in [2.24, 2.45) is 5.92 Å². The normalized spacial score (nSPS) is 17.9. The summed E-state index contributed by atoms with van der Waals surface area (Å²) < 4.78 is 0. The zero-order valence-electron chi connectivity index (χ0n) is 14.7. The quantitative estimate of drug-likeness (QED) is 0.914. The molecule has 1 atom stereocenters. The number of amides is 1. The Hall–Kier alpha value is -2.10. The minimum Gasteiger partial charge on any atom is -0.370 e. The number of hydrogen-bond acceptors (Lipinski definition) is 3. The number of nitrogens with one attached hydrogen (secondary N) is 1. The number of benzene rings is 1. The highest BCUT2D eigenvalue weighted by Crippen LogP contribution is 2.30. The van der Waals surface area contributed by atoms with E-state index in [9.17, 15) is 4.79 Å². The van der Waals surface area contributed by atoms with Crippen molar-refractivity contribution < 1.29 is 4.79 Å². The third-order valence-corrected chi connectivity index (χ3v) is 4.79. The molecule has 1 aliphatic heterocycles. The minimum absolute atomic E-state index is 0.0855. The van der Waals surface area contributed by atoms with Crippen LogP contribution in [0.2, 0.25) is 0 Å². The molecular formula is C20H27N3O. The summed E-state index contributed by atoms with van der Waals surface area (Å²) >= 11 is 0.